The van der Waals surface area contributed by atoms with Gasteiger partial charge in [-0.2, -0.15) is 0 Å². The molecule has 1 heterocycles. The number of halogens is 1. The minimum atomic E-state index is -0.0747. The van der Waals surface area contributed by atoms with E-state index in [0.29, 0.717) is 13.2 Å². The third kappa shape index (κ3) is 6.54. The van der Waals surface area contributed by atoms with Gasteiger partial charge in [0.15, 0.2) is 11.5 Å². The first kappa shape index (κ1) is 22.3. The number of methoxy groups -OCH3 is 1. The zero-order valence-corrected chi connectivity index (χ0v) is 16.7. The Kier molecular flexibility index (Phi) is 10.1. The average molecular weight is 384 g/mol. The van der Waals surface area contributed by atoms with Gasteiger partial charge >= 0.3 is 5.97 Å². The molecule has 1 saturated heterocycles. The average Bonchev–Trinajstić information content (AvgIpc) is 2.63. The molecule has 1 aliphatic heterocycles. The number of likely N-dealkylation sites (tertiary alicyclic amines) is 1. The molecule has 146 valence electrons. The van der Waals surface area contributed by atoms with Crippen molar-refractivity contribution in [3.8, 4) is 11.5 Å². The van der Waals surface area contributed by atoms with E-state index in [4.69, 9.17) is 14.2 Å². The van der Waals surface area contributed by atoms with Gasteiger partial charge in [0.05, 0.1) is 19.6 Å². The Balaban J connectivity index is 0.00000338. The molecule has 0 aliphatic carbocycles. The van der Waals surface area contributed by atoms with Gasteiger partial charge in [-0.1, -0.05) is 18.2 Å². The second kappa shape index (κ2) is 11.8. The minimum absolute atomic E-state index is 0. The number of hydrogen-bond acceptors (Lipinski definition) is 5. The summed E-state index contributed by atoms with van der Waals surface area (Å²) in [6.45, 7) is 7.38. The van der Waals surface area contributed by atoms with Crippen LogP contribution < -0.4 is 9.47 Å². The van der Waals surface area contributed by atoms with Crippen LogP contribution in [-0.2, 0) is 9.53 Å². The largest absolute Gasteiger partial charge is 0.493 e. The predicted octanol–water partition coefficient (Wildman–Crippen LogP) is 3.80. The first-order valence-corrected chi connectivity index (χ1v) is 9.00. The fourth-order valence-electron chi connectivity index (χ4n) is 3.10. The summed E-state index contributed by atoms with van der Waals surface area (Å²) in [6, 6.07) is 5.91. The highest BCUT2D eigenvalue weighted by Gasteiger charge is 2.26. The number of piperidine rings is 1. The second-order valence-corrected chi connectivity index (χ2v) is 6.15. The minimum Gasteiger partial charge on any atom is -0.493 e. The SMILES string of the molecule is CC=Cc1ccc(OCCN2CCCC(C(=O)OCC)C2)c(OC)c1.Cl. The van der Waals surface area contributed by atoms with Crippen molar-refractivity contribution in [3.63, 3.8) is 0 Å². The van der Waals surface area contributed by atoms with Gasteiger partial charge in [-0.15, -0.1) is 12.4 Å². The van der Waals surface area contributed by atoms with Crippen molar-refractivity contribution >= 4 is 24.5 Å². The van der Waals surface area contributed by atoms with Gasteiger partial charge in [-0.3, -0.25) is 9.69 Å². The Hall–Kier alpha value is -1.72. The van der Waals surface area contributed by atoms with Crippen LogP contribution in [0.5, 0.6) is 11.5 Å². The molecule has 0 amide bonds. The van der Waals surface area contributed by atoms with Crippen LogP contribution in [0.25, 0.3) is 6.08 Å². The molecule has 1 atom stereocenters. The van der Waals surface area contributed by atoms with Crippen molar-refractivity contribution in [2.24, 2.45) is 5.92 Å². The molecule has 6 heteroatoms. The number of hydrogen-bond donors (Lipinski definition) is 0. The number of rotatable bonds is 8. The van der Waals surface area contributed by atoms with Crippen molar-refractivity contribution < 1.29 is 19.0 Å². The number of nitrogens with zero attached hydrogens (tertiary/aromatic N) is 1. The first-order valence-electron chi connectivity index (χ1n) is 9.00. The van der Waals surface area contributed by atoms with E-state index in [1.54, 1.807) is 7.11 Å². The van der Waals surface area contributed by atoms with Crippen molar-refractivity contribution in [2.75, 3.05) is 40.0 Å². The Labute approximate surface area is 162 Å². The Morgan fingerprint density at radius 1 is 1.35 bits per heavy atom. The number of ether oxygens (including phenoxy) is 3. The summed E-state index contributed by atoms with van der Waals surface area (Å²) in [5.74, 6) is 1.39. The van der Waals surface area contributed by atoms with E-state index in [9.17, 15) is 4.79 Å². The van der Waals surface area contributed by atoms with E-state index in [2.05, 4.69) is 4.90 Å². The molecule has 2 rings (SSSR count). The summed E-state index contributed by atoms with van der Waals surface area (Å²) in [7, 11) is 1.65. The third-order valence-electron chi connectivity index (χ3n) is 4.34. The molecule has 26 heavy (non-hydrogen) atoms. The predicted molar refractivity (Wildman–Crippen MR) is 106 cm³/mol. The zero-order valence-electron chi connectivity index (χ0n) is 15.9. The lowest BCUT2D eigenvalue weighted by Gasteiger charge is -2.31. The van der Waals surface area contributed by atoms with E-state index in [-0.39, 0.29) is 24.3 Å². The maximum atomic E-state index is 11.9. The van der Waals surface area contributed by atoms with Crippen LogP contribution in [0, 0.1) is 5.92 Å². The fourth-order valence-corrected chi connectivity index (χ4v) is 3.10. The van der Waals surface area contributed by atoms with Gasteiger partial charge in [0.25, 0.3) is 0 Å². The lowest BCUT2D eigenvalue weighted by Crippen LogP contribution is -2.41. The zero-order chi connectivity index (χ0) is 18.1. The van der Waals surface area contributed by atoms with Gasteiger partial charge < -0.3 is 14.2 Å². The highest BCUT2D eigenvalue weighted by molar-refractivity contribution is 5.85. The van der Waals surface area contributed by atoms with Gasteiger partial charge in [-0.25, -0.2) is 0 Å². The molecule has 0 aromatic heterocycles. The van der Waals surface area contributed by atoms with Crippen LogP contribution in [0.2, 0.25) is 0 Å². The molecule has 1 fully saturated rings. The molecule has 1 aromatic carbocycles. The quantitative estimate of drug-likeness (QED) is 0.639. The molecular weight excluding hydrogens is 354 g/mol. The van der Waals surface area contributed by atoms with Gasteiger partial charge in [0.2, 0.25) is 0 Å². The van der Waals surface area contributed by atoms with E-state index < -0.39 is 0 Å². The van der Waals surface area contributed by atoms with Crippen LogP contribution in [-0.4, -0.2) is 50.8 Å². The Morgan fingerprint density at radius 2 is 2.15 bits per heavy atom. The lowest BCUT2D eigenvalue weighted by molar-refractivity contribution is -0.150. The highest BCUT2D eigenvalue weighted by atomic mass is 35.5. The van der Waals surface area contributed by atoms with Crippen molar-refractivity contribution in [1.82, 2.24) is 4.90 Å². The topological polar surface area (TPSA) is 48.0 Å². The molecule has 0 spiro atoms. The molecule has 1 unspecified atom stereocenters. The summed E-state index contributed by atoms with van der Waals surface area (Å²) in [5.41, 5.74) is 1.08. The van der Waals surface area contributed by atoms with Gasteiger partial charge in [-0.05, 0) is 50.9 Å². The summed E-state index contributed by atoms with van der Waals surface area (Å²) in [5, 5.41) is 0. The lowest BCUT2D eigenvalue weighted by atomic mass is 9.98. The molecule has 1 aliphatic rings. The van der Waals surface area contributed by atoms with Crippen LogP contribution in [0.4, 0.5) is 0 Å². The first-order chi connectivity index (χ1) is 12.2. The molecule has 0 N–H and O–H groups in total. The number of carbonyl (C=O) groups is 1. The standard InChI is InChI=1S/C20H29NO4.ClH/c1-4-7-16-9-10-18(19(14-16)23-3)25-13-12-21-11-6-8-17(15-21)20(22)24-5-2;/h4,7,9-10,14,17H,5-6,8,11-13,15H2,1-3H3;1H. The van der Waals surface area contributed by atoms with Crippen molar-refractivity contribution in [2.45, 2.75) is 26.7 Å². The maximum Gasteiger partial charge on any atom is 0.310 e. The molecule has 0 bridgehead atoms. The normalized spacial score (nSPS) is 17.6. The summed E-state index contributed by atoms with van der Waals surface area (Å²) >= 11 is 0. The molecular formula is C20H30ClNO4. The van der Waals surface area contributed by atoms with Crippen LogP contribution >= 0.6 is 12.4 Å². The van der Waals surface area contributed by atoms with E-state index in [1.807, 2.05) is 44.2 Å². The van der Waals surface area contributed by atoms with E-state index in [0.717, 1.165) is 49.5 Å². The second-order valence-electron chi connectivity index (χ2n) is 6.15. The summed E-state index contributed by atoms with van der Waals surface area (Å²) < 4.78 is 16.5. The smallest absolute Gasteiger partial charge is 0.310 e. The van der Waals surface area contributed by atoms with Crippen molar-refractivity contribution in [1.29, 1.82) is 0 Å². The van der Waals surface area contributed by atoms with Gasteiger partial charge in [0, 0.05) is 13.1 Å². The fraction of sp³-hybridized carbons (Fsp3) is 0.550. The molecule has 1 aromatic rings. The Bertz CT molecular complexity index is 591. The molecule has 0 radical (unpaired) electrons. The number of benzene rings is 1. The van der Waals surface area contributed by atoms with E-state index >= 15 is 0 Å². The van der Waals surface area contributed by atoms with Gasteiger partial charge in [0.1, 0.15) is 6.61 Å². The summed E-state index contributed by atoms with van der Waals surface area (Å²) in [6.07, 6.45) is 5.95. The van der Waals surface area contributed by atoms with Crippen LogP contribution in [0.3, 0.4) is 0 Å². The molecule has 0 saturated carbocycles. The van der Waals surface area contributed by atoms with Crippen LogP contribution in [0.15, 0.2) is 24.3 Å². The summed E-state index contributed by atoms with van der Waals surface area (Å²) in [4.78, 5) is 14.2. The highest BCUT2D eigenvalue weighted by Crippen LogP contribution is 2.28. The monoisotopic (exact) mass is 383 g/mol. The number of carbonyl (C=O) groups excluding carboxylic acids is 1. The maximum absolute atomic E-state index is 11.9. The number of esters is 1. The molecule has 5 nitrogen and oxygen atoms in total. The van der Waals surface area contributed by atoms with E-state index in [1.165, 1.54) is 0 Å². The van der Waals surface area contributed by atoms with Crippen LogP contribution in [0.1, 0.15) is 32.3 Å². The number of allylic oxidation sites excluding steroid dienone is 1. The third-order valence-corrected chi connectivity index (χ3v) is 4.34. The van der Waals surface area contributed by atoms with Crippen molar-refractivity contribution in [3.05, 3.63) is 29.8 Å². The Morgan fingerprint density at radius 3 is 2.85 bits per heavy atom.